The van der Waals surface area contributed by atoms with Gasteiger partial charge in [0, 0.05) is 19.4 Å². The highest BCUT2D eigenvalue weighted by Gasteiger charge is 2.44. The van der Waals surface area contributed by atoms with Gasteiger partial charge in [-0.1, -0.05) is 19.3 Å². The van der Waals surface area contributed by atoms with Gasteiger partial charge in [-0.15, -0.1) is 0 Å². The monoisotopic (exact) mass is 243 g/mol. The van der Waals surface area contributed by atoms with Gasteiger partial charge in [-0.05, 0) is 43.7 Å². The molecule has 0 aromatic rings. The van der Waals surface area contributed by atoms with Gasteiger partial charge in [0.1, 0.15) is 0 Å². The van der Waals surface area contributed by atoms with E-state index in [1.54, 1.807) is 0 Å². The molecule has 0 spiro atoms. The Kier molecular flexibility index (Phi) is 3.84. The highest BCUT2D eigenvalue weighted by molar-refractivity contribution is 5.23. The fourth-order valence-electron chi connectivity index (χ4n) is 3.83. The van der Waals surface area contributed by atoms with Crippen molar-refractivity contribution in [2.24, 2.45) is 16.3 Å². The van der Waals surface area contributed by atoms with Crippen molar-refractivity contribution in [2.75, 3.05) is 6.54 Å². The van der Waals surface area contributed by atoms with Gasteiger partial charge >= 0.3 is 0 Å². The van der Waals surface area contributed by atoms with Crippen LogP contribution in [-0.2, 0) is 0 Å². The van der Waals surface area contributed by atoms with Crippen LogP contribution < -0.4 is 0 Å². The molecule has 2 aliphatic rings. The van der Waals surface area contributed by atoms with E-state index >= 15 is 0 Å². The van der Waals surface area contributed by atoms with Gasteiger partial charge in [-0.2, -0.15) is 0 Å². The van der Waals surface area contributed by atoms with Crippen LogP contribution in [0.15, 0.2) is 4.99 Å². The molecule has 1 nitrogen and oxygen atoms in total. The third kappa shape index (κ3) is 2.86. The Labute approximate surface area is 103 Å². The smallest absolute Gasteiger partial charge is 0.248 e. The number of alkyl halides is 2. The molecule has 0 amide bonds. The van der Waals surface area contributed by atoms with Gasteiger partial charge < -0.3 is 4.99 Å². The molecule has 2 rings (SSSR count). The molecular formula is C14H23F2N. The molecule has 0 heterocycles. The van der Waals surface area contributed by atoms with Gasteiger partial charge in [0.25, 0.3) is 0 Å². The standard InChI is InChI=1S/C14H23F2N/c1-17-11-13(7-3-2-4-8-13)12-5-9-14(15,16)10-6-12/h12H,1-11H2. The van der Waals surface area contributed by atoms with E-state index in [0.29, 0.717) is 18.8 Å². The van der Waals surface area contributed by atoms with Crippen LogP contribution in [0, 0.1) is 11.3 Å². The minimum absolute atomic E-state index is 0.0799. The molecule has 0 aromatic heterocycles. The summed E-state index contributed by atoms with van der Waals surface area (Å²) in [5.74, 6) is -1.96. The maximum atomic E-state index is 13.2. The zero-order chi connectivity index (χ0) is 12.4. The summed E-state index contributed by atoms with van der Waals surface area (Å²) < 4.78 is 26.4. The van der Waals surface area contributed by atoms with Crippen molar-refractivity contribution in [2.45, 2.75) is 63.7 Å². The number of nitrogens with zero attached hydrogens (tertiary/aromatic N) is 1. The summed E-state index contributed by atoms with van der Waals surface area (Å²) in [6.45, 7) is 4.41. The van der Waals surface area contributed by atoms with Crippen LogP contribution in [0.3, 0.4) is 0 Å². The van der Waals surface area contributed by atoms with Crippen molar-refractivity contribution in [1.82, 2.24) is 0 Å². The molecule has 0 atom stereocenters. The van der Waals surface area contributed by atoms with E-state index in [1.807, 2.05) is 0 Å². The normalized spacial score (nSPS) is 28.8. The number of aliphatic imine (C=N–C) groups is 1. The SMILES string of the molecule is C=NCC1(C2CCC(F)(F)CC2)CCCCC1. The molecule has 0 unspecified atom stereocenters. The van der Waals surface area contributed by atoms with E-state index in [1.165, 1.54) is 32.1 Å². The predicted octanol–water partition coefficient (Wildman–Crippen LogP) is 4.46. The summed E-state index contributed by atoms with van der Waals surface area (Å²) in [7, 11) is 0. The summed E-state index contributed by atoms with van der Waals surface area (Å²) in [4.78, 5) is 4.11. The molecular weight excluding hydrogens is 220 g/mol. The molecule has 0 N–H and O–H groups in total. The van der Waals surface area contributed by atoms with Gasteiger partial charge in [0.05, 0.1) is 0 Å². The molecule has 0 aliphatic heterocycles. The molecule has 98 valence electrons. The van der Waals surface area contributed by atoms with Crippen LogP contribution in [0.2, 0.25) is 0 Å². The van der Waals surface area contributed by atoms with Crippen LogP contribution in [0.4, 0.5) is 8.78 Å². The summed E-state index contributed by atoms with van der Waals surface area (Å²) in [5.41, 5.74) is 0.205. The maximum Gasteiger partial charge on any atom is 0.248 e. The van der Waals surface area contributed by atoms with Crippen LogP contribution in [0.5, 0.6) is 0 Å². The predicted molar refractivity (Wildman–Crippen MR) is 66.8 cm³/mol. The van der Waals surface area contributed by atoms with E-state index in [4.69, 9.17) is 0 Å². The molecule has 0 bridgehead atoms. The average Bonchev–Trinajstić information content (AvgIpc) is 2.30. The highest BCUT2D eigenvalue weighted by Crippen LogP contribution is 2.50. The summed E-state index contributed by atoms with van der Waals surface area (Å²) >= 11 is 0. The van der Waals surface area contributed by atoms with Crippen LogP contribution in [0.1, 0.15) is 57.8 Å². The van der Waals surface area contributed by atoms with Crippen LogP contribution in [0.25, 0.3) is 0 Å². The molecule has 0 radical (unpaired) electrons. The van der Waals surface area contributed by atoms with Gasteiger partial charge in [-0.25, -0.2) is 8.78 Å². The van der Waals surface area contributed by atoms with Crippen molar-refractivity contribution in [1.29, 1.82) is 0 Å². The first kappa shape index (κ1) is 13.0. The fourth-order valence-corrected chi connectivity index (χ4v) is 3.83. The maximum absolute atomic E-state index is 13.2. The Bertz CT molecular complexity index is 259. The Morgan fingerprint density at radius 3 is 2.12 bits per heavy atom. The Balaban J connectivity index is 2.04. The first-order valence-electron chi connectivity index (χ1n) is 6.88. The van der Waals surface area contributed by atoms with Gasteiger partial charge in [0.2, 0.25) is 5.92 Å². The lowest BCUT2D eigenvalue weighted by molar-refractivity contribution is -0.0684. The molecule has 2 aliphatic carbocycles. The largest absolute Gasteiger partial charge is 0.300 e. The van der Waals surface area contributed by atoms with E-state index in [9.17, 15) is 8.78 Å². The third-order valence-electron chi connectivity index (χ3n) is 4.86. The minimum atomic E-state index is -2.41. The van der Waals surface area contributed by atoms with Gasteiger partial charge in [-0.3, -0.25) is 0 Å². The Morgan fingerprint density at radius 1 is 1.00 bits per heavy atom. The molecule has 0 aromatic carbocycles. The van der Waals surface area contributed by atoms with Gasteiger partial charge in [0.15, 0.2) is 0 Å². The van der Waals surface area contributed by atoms with Crippen molar-refractivity contribution in [3.05, 3.63) is 0 Å². The van der Waals surface area contributed by atoms with Crippen molar-refractivity contribution in [3.8, 4) is 0 Å². The quantitative estimate of drug-likeness (QED) is 0.649. The summed E-state index contributed by atoms with van der Waals surface area (Å²) in [5, 5.41) is 0. The third-order valence-corrected chi connectivity index (χ3v) is 4.86. The zero-order valence-electron chi connectivity index (χ0n) is 10.6. The number of halogens is 2. The first-order chi connectivity index (χ1) is 8.08. The lowest BCUT2D eigenvalue weighted by Crippen LogP contribution is -2.40. The van der Waals surface area contributed by atoms with E-state index < -0.39 is 5.92 Å². The molecule has 2 fully saturated rings. The fraction of sp³-hybridized carbons (Fsp3) is 0.929. The topological polar surface area (TPSA) is 12.4 Å². The molecule has 0 saturated heterocycles. The lowest BCUT2D eigenvalue weighted by Gasteiger charge is -2.45. The minimum Gasteiger partial charge on any atom is -0.300 e. The first-order valence-corrected chi connectivity index (χ1v) is 6.88. The second kappa shape index (κ2) is 5.03. The van der Waals surface area contributed by atoms with Crippen molar-refractivity contribution >= 4 is 6.72 Å². The summed E-state index contributed by atoms with van der Waals surface area (Å²) in [6, 6.07) is 0. The molecule has 2 saturated carbocycles. The van der Waals surface area contributed by atoms with Crippen molar-refractivity contribution < 1.29 is 8.78 Å². The summed E-state index contributed by atoms with van der Waals surface area (Å²) in [6.07, 6.45) is 7.63. The van der Waals surface area contributed by atoms with Crippen molar-refractivity contribution in [3.63, 3.8) is 0 Å². The Hall–Kier alpha value is -0.470. The molecule has 17 heavy (non-hydrogen) atoms. The second-order valence-corrected chi connectivity index (χ2v) is 5.93. The highest BCUT2D eigenvalue weighted by atomic mass is 19.3. The number of rotatable bonds is 3. The van der Waals surface area contributed by atoms with Crippen LogP contribution in [-0.4, -0.2) is 19.2 Å². The second-order valence-electron chi connectivity index (χ2n) is 5.93. The lowest BCUT2D eigenvalue weighted by atomic mass is 9.61. The van der Waals surface area contributed by atoms with Crippen LogP contribution >= 0.6 is 0 Å². The molecule has 3 heteroatoms. The average molecular weight is 243 g/mol. The van der Waals surface area contributed by atoms with E-state index in [0.717, 1.165) is 6.54 Å². The Morgan fingerprint density at radius 2 is 1.59 bits per heavy atom. The number of hydrogen-bond acceptors (Lipinski definition) is 1. The number of hydrogen-bond donors (Lipinski definition) is 0. The van der Waals surface area contributed by atoms with E-state index in [-0.39, 0.29) is 18.3 Å². The van der Waals surface area contributed by atoms with E-state index in [2.05, 4.69) is 11.7 Å². The zero-order valence-corrected chi connectivity index (χ0v) is 10.6.